The lowest BCUT2D eigenvalue weighted by molar-refractivity contribution is 0.102. The fourth-order valence-corrected chi connectivity index (χ4v) is 5.61. The molecule has 0 spiro atoms. The van der Waals surface area contributed by atoms with Crippen molar-refractivity contribution in [1.82, 2.24) is 9.55 Å². The number of amides is 1. The molecule has 1 amide bonds. The summed E-state index contributed by atoms with van der Waals surface area (Å²) in [5.74, 6) is -0.466. The molecule has 0 radical (unpaired) electrons. The number of rotatable bonds is 5. The van der Waals surface area contributed by atoms with Gasteiger partial charge < -0.3 is 14.6 Å². The second-order valence-electron chi connectivity index (χ2n) is 9.16. The van der Waals surface area contributed by atoms with E-state index in [-0.39, 0.29) is 11.1 Å². The number of hydrogen-bond acceptors (Lipinski definition) is 4. The van der Waals surface area contributed by atoms with Crippen molar-refractivity contribution in [1.29, 1.82) is 0 Å². The number of aryl methyl sites for hydroxylation is 1. The lowest BCUT2D eigenvalue weighted by Gasteiger charge is -2.17. The number of aromatic nitrogens is 2. The molecule has 4 aromatic rings. The summed E-state index contributed by atoms with van der Waals surface area (Å²) in [5, 5.41) is 3.11. The Labute approximate surface area is 238 Å². The Kier molecular flexibility index (Phi) is 7.28. The van der Waals surface area contributed by atoms with Crippen LogP contribution in [0.25, 0.3) is 22.4 Å². The summed E-state index contributed by atoms with van der Waals surface area (Å²) >= 11 is 8.92. The van der Waals surface area contributed by atoms with E-state index in [9.17, 15) is 9.59 Å². The van der Waals surface area contributed by atoms with Crippen LogP contribution in [-0.4, -0.2) is 22.6 Å². The summed E-state index contributed by atoms with van der Waals surface area (Å²) in [7, 11) is 3.20. The van der Waals surface area contributed by atoms with E-state index in [4.69, 9.17) is 21.3 Å². The number of carbonyl (C=O) groups excluding carboxylic acids is 1. The number of ether oxygens (including phenoxy) is 1. The van der Waals surface area contributed by atoms with Crippen LogP contribution in [0.2, 0.25) is 5.02 Å². The van der Waals surface area contributed by atoms with Gasteiger partial charge >= 0.3 is 0 Å². The van der Waals surface area contributed by atoms with Crippen molar-refractivity contribution in [2.75, 3.05) is 12.4 Å². The zero-order valence-electron chi connectivity index (χ0n) is 21.0. The van der Waals surface area contributed by atoms with Gasteiger partial charge in [-0.3, -0.25) is 9.59 Å². The number of anilines is 1. The second kappa shape index (κ2) is 10.5. The highest BCUT2D eigenvalue weighted by atomic mass is 127. The molecule has 2 heterocycles. The first kappa shape index (κ1) is 26.4. The van der Waals surface area contributed by atoms with Crippen LogP contribution in [0.15, 0.2) is 53.3 Å². The van der Waals surface area contributed by atoms with E-state index in [0.29, 0.717) is 42.7 Å². The van der Waals surface area contributed by atoms with Crippen molar-refractivity contribution >= 4 is 45.8 Å². The van der Waals surface area contributed by atoms with Gasteiger partial charge in [-0.15, -0.1) is 0 Å². The largest absolute Gasteiger partial charge is 0.481 e. The molecule has 0 aliphatic heterocycles. The van der Waals surface area contributed by atoms with Gasteiger partial charge in [0.2, 0.25) is 5.88 Å². The first-order chi connectivity index (χ1) is 18.2. The van der Waals surface area contributed by atoms with Gasteiger partial charge in [-0.05, 0) is 90.2 Å². The fourth-order valence-electron chi connectivity index (χ4n) is 4.89. The third kappa shape index (κ3) is 4.60. The number of pyridine rings is 2. The van der Waals surface area contributed by atoms with Crippen molar-refractivity contribution < 1.29 is 13.9 Å². The molecule has 5 rings (SSSR count). The number of fused-ring (bicyclic) bond motifs is 1. The van der Waals surface area contributed by atoms with Crippen LogP contribution in [0.3, 0.4) is 0 Å². The molecule has 2 aromatic carbocycles. The first-order valence-electron chi connectivity index (χ1n) is 12.0. The number of benzene rings is 2. The van der Waals surface area contributed by atoms with Gasteiger partial charge in [-0.25, -0.2) is 9.37 Å². The average molecular weight is 644 g/mol. The van der Waals surface area contributed by atoms with Gasteiger partial charge in [-0.2, -0.15) is 0 Å². The van der Waals surface area contributed by atoms with Gasteiger partial charge in [0.15, 0.2) is 0 Å². The van der Waals surface area contributed by atoms with Crippen LogP contribution in [0.5, 0.6) is 5.88 Å². The summed E-state index contributed by atoms with van der Waals surface area (Å²) in [5.41, 5.74) is 4.81. The Morgan fingerprint density at radius 2 is 1.92 bits per heavy atom. The normalized spacial score (nSPS) is 12.4. The Balaban J connectivity index is 1.56. The summed E-state index contributed by atoms with van der Waals surface area (Å²) in [6, 6.07) is 13.3. The number of hydrogen-bond donors (Lipinski definition) is 1. The molecule has 38 heavy (non-hydrogen) atoms. The van der Waals surface area contributed by atoms with Crippen LogP contribution in [0, 0.1) is 16.4 Å². The van der Waals surface area contributed by atoms with Crippen molar-refractivity contribution in [2.45, 2.75) is 26.2 Å². The Hall–Kier alpha value is -3.24. The van der Waals surface area contributed by atoms with Crippen LogP contribution < -0.4 is 15.6 Å². The van der Waals surface area contributed by atoms with Gasteiger partial charge in [0.25, 0.3) is 11.5 Å². The molecule has 6 nitrogen and oxygen atoms in total. The van der Waals surface area contributed by atoms with Crippen LogP contribution in [0.1, 0.15) is 33.5 Å². The zero-order valence-corrected chi connectivity index (χ0v) is 23.9. The van der Waals surface area contributed by atoms with E-state index in [1.54, 1.807) is 39.3 Å². The van der Waals surface area contributed by atoms with E-state index in [2.05, 4.69) is 5.32 Å². The molecule has 9 heteroatoms. The number of carbonyl (C=O) groups is 1. The quantitative estimate of drug-likeness (QED) is 0.197. The number of nitrogens with zero attached hydrogens (tertiary/aromatic N) is 2. The molecule has 1 N–H and O–H groups in total. The zero-order chi connectivity index (χ0) is 27.1. The maximum atomic E-state index is 15.3. The summed E-state index contributed by atoms with van der Waals surface area (Å²) in [4.78, 5) is 30.3. The van der Waals surface area contributed by atoms with Crippen molar-refractivity contribution in [3.8, 4) is 28.3 Å². The molecular weight excluding hydrogens is 620 g/mol. The topological polar surface area (TPSA) is 73.2 Å². The van der Waals surface area contributed by atoms with Crippen LogP contribution in [0.4, 0.5) is 10.1 Å². The molecule has 2 aromatic heterocycles. The highest BCUT2D eigenvalue weighted by Gasteiger charge is 2.23. The summed E-state index contributed by atoms with van der Waals surface area (Å²) < 4.78 is 22.9. The summed E-state index contributed by atoms with van der Waals surface area (Å²) in [6.45, 7) is 1.71. The van der Waals surface area contributed by atoms with E-state index >= 15 is 4.39 Å². The fraction of sp³-hybridized carbons (Fsp3) is 0.207. The molecule has 1 aliphatic rings. The molecule has 0 saturated heterocycles. The minimum atomic E-state index is -0.572. The predicted molar refractivity (Wildman–Crippen MR) is 156 cm³/mol. The van der Waals surface area contributed by atoms with E-state index < -0.39 is 17.3 Å². The van der Waals surface area contributed by atoms with Crippen molar-refractivity contribution in [3.05, 3.63) is 95.7 Å². The van der Waals surface area contributed by atoms with Crippen LogP contribution >= 0.6 is 34.2 Å². The SMILES string of the molecule is COc1nc(-c2cccc(-c3c(F)ccc(NC(=O)c4ccc(I)n(C)c4=O)c3C)c2Cl)cc2c1CCC2. The molecule has 194 valence electrons. The van der Waals surface area contributed by atoms with E-state index in [1.165, 1.54) is 28.3 Å². The highest BCUT2D eigenvalue weighted by molar-refractivity contribution is 14.1. The molecule has 0 unspecified atom stereocenters. The predicted octanol–water partition coefficient (Wildman–Crippen LogP) is 6.57. The lowest BCUT2D eigenvalue weighted by Crippen LogP contribution is -2.28. The molecular formula is C29H24ClFIN3O3. The minimum Gasteiger partial charge on any atom is -0.481 e. The van der Waals surface area contributed by atoms with Gasteiger partial charge in [-0.1, -0.05) is 29.8 Å². The highest BCUT2D eigenvalue weighted by Crippen LogP contribution is 2.41. The van der Waals surface area contributed by atoms with E-state index in [1.807, 2.05) is 34.7 Å². The summed E-state index contributed by atoms with van der Waals surface area (Å²) in [6.07, 6.45) is 2.91. The molecule has 0 atom stereocenters. The smallest absolute Gasteiger partial charge is 0.263 e. The van der Waals surface area contributed by atoms with Gasteiger partial charge in [0, 0.05) is 35.0 Å². The Morgan fingerprint density at radius 1 is 1.16 bits per heavy atom. The first-order valence-corrected chi connectivity index (χ1v) is 13.5. The maximum absolute atomic E-state index is 15.3. The maximum Gasteiger partial charge on any atom is 0.263 e. The second-order valence-corrected chi connectivity index (χ2v) is 10.6. The molecule has 1 aliphatic carbocycles. The number of halogens is 3. The molecule has 0 bridgehead atoms. The number of nitrogens with one attached hydrogen (secondary N) is 1. The number of methoxy groups -OCH3 is 1. The van der Waals surface area contributed by atoms with Crippen molar-refractivity contribution in [3.63, 3.8) is 0 Å². The van der Waals surface area contributed by atoms with E-state index in [0.717, 1.165) is 24.8 Å². The lowest BCUT2D eigenvalue weighted by atomic mass is 9.95. The molecule has 0 saturated carbocycles. The Morgan fingerprint density at radius 3 is 2.68 bits per heavy atom. The van der Waals surface area contributed by atoms with Gasteiger partial charge in [0.05, 0.1) is 21.5 Å². The average Bonchev–Trinajstić information content (AvgIpc) is 3.38. The standard InChI is InChI=1S/C29H24ClFIN3O3/c1-15-22(33-27(36)20-10-13-24(32)35(2)29(20)37)12-11-21(31)25(15)19-9-5-8-18(26(19)30)23-14-16-6-4-7-17(16)28(34-23)38-3/h5,8-14H,4,6-7H2,1-3H3,(H,33,36). The Bertz CT molecular complexity index is 1670. The molecule has 0 fully saturated rings. The third-order valence-electron chi connectivity index (χ3n) is 6.94. The van der Waals surface area contributed by atoms with Gasteiger partial charge in [0.1, 0.15) is 11.4 Å². The van der Waals surface area contributed by atoms with Crippen molar-refractivity contribution in [2.24, 2.45) is 7.05 Å². The minimum absolute atomic E-state index is 0.00477. The third-order valence-corrected chi connectivity index (χ3v) is 8.43. The van der Waals surface area contributed by atoms with Crippen LogP contribution in [-0.2, 0) is 19.9 Å². The monoisotopic (exact) mass is 643 g/mol.